The maximum atomic E-state index is 8.50. The van der Waals surface area contributed by atoms with Crippen molar-refractivity contribution in [2.24, 2.45) is 0 Å². The summed E-state index contributed by atoms with van der Waals surface area (Å²) in [7, 11) is 0. The molecule has 2 nitrogen and oxygen atoms in total. The topological polar surface area (TPSA) is 33.0 Å². The normalized spacial score (nSPS) is 13.1. The number of hydrogen-bond acceptors (Lipinski definition) is 2. The van der Waals surface area contributed by atoms with E-state index in [4.69, 9.17) is 10.00 Å². The quantitative estimate of drug-likeness (QED) is 0.623. The Balaban J connectivity index is 3.71. The van der Waals surface area contributed by atoms with Crippen LogP contribution in [0.25, 0.3) is 0 Å². The number of allylic oxidation sites excluding steroid dienone is 3. The van der Waals surface area contributed by atoms with Gasteiger partial charge in [-0.2, -0.15) is 5.26 Å². The highest BCUT2D eigenvalue weighted by Crippen LogP contribution is 2.06. The largest absolute Gasteiger partial charge is 0.360 e. The Morgan fingerprint density at radius 2 is 2.00 bits per heavy atom. The third kappa shape index (κ3) is 9.24. The monoisotopic (exact) mass is 207 g/mol. The second-order valence-corrected chi connectivity index (χ2v) is 3.98. The Labute approximate surface area is 93.2 Å². The molecule has 84 valence electrons. The predicted octanol–water partition coefficient (Wildman–Crippen LogP) is 3.61. The third-order valence-corrected chi connectivity index (χ3v) is 2.05. The molecule has 0 radical (unpaired) electrons. The highest BCUT2D eigenvalue weighted by Gasteiger charge is 1.96. The second kappa shape index (κ2) is 8.26. The molecule has 0 saturated heterocycles. The summed E-state index contributed by atoms with van der Waals surface area (Å²) in [6.07, 6.45) is 6.11. The zero-order valence-electron chi connectivity index (χ0n) is 10.2. The van der Waals surface area contributed by atoms with Crippen LogP contribution in [0.3, 0.4) is 0 Å². The van der Waals surface area contributed by atoms with Crippen LogP contribution in [0.5, 0.6) is 0 Å². The molecule has 0 rings (SSSR count). The van der Waals surface area contributed by atoms with Crippen molar-refractivity contribution >= 4 is 0 Å². The van der Waals surface area contributed by atoms with E-state index in [9.17, 15) is 0 Å². The van der Waals surface area contributed by atoms with Gasteiger partial charge in [-0.05, 0) is 40.5 Å². The van der Waals surface area contributed by atoms with E-state index in [-0.39, 0.29) is 6.10 Å². The van der Waals surface area contributed by atoms with Crippen LogP contribution in [0, 0.1) is 11.3 Å². The Morgan fingerprint density at radius 1 is 1.33 bits per heavy atom. The molecule has 0 aliphatic rings. The van der Waals surface area contributed by atoms with Gasteiger partial charge in [0.05, 0.1) is 12.7 Å². The fourth-order valence-electron chi connectivity index (χ4n) is 1.06. The van der Waals surface area contributed by atoms with Crippen LogP contribution in [-0.4, -0.2) is 12.7 Å². The molecule has 2 heteroatoms. The van der Waals surface area contributed by atoms with E-state index in [1.165, 1.54) is 11.1 Å². The molecule has 15 heavy (non-hydrogen) atoms. The van der Waals surface area contributed by atoms with E-state index in [1.807, 2.05) is 12.1 Å². The molecule has 0 aliphatic carbocycles. The molecule has 0 aromatic heterocycles. The summed E-state index contributed by atoms with van der Waals surface area (Å²) in [6.45, 7) is 8.61. The van der Waals surface area contributed by atoms with Crippen LogP contribution in [0.4, 0.5) is 0 Å². The van der Waals surface area contributed by atoms with Crippen molar-refractivity contribution in [2.45, 2.75) is 46.6 Å². The number of ether oxygens (including phenoxy) is 1. The molecule has 0 N–H and O–H groups in total. The minimum Gasteiger partial charge on any atom is -0.360 e. The SMILES string of the molecule is CC(C)=CCC/C(C)=C/COC(C)C#N. The lowest BCUT2D eigenvalue weighted by Gasteiger charge is -2.03. The third-order valence-electron chi connectivity index (χ3n) is 2.05. The summed E-state index contributed by atoms with van der Waals surface area (Å²) < 4.78 is 5.24. The Bertz CT molecular complexity index is 267. The van der Waals surface area contributed by atoms with Gasteiger partial charge in [0, 0.05) is 0 Å². The van der Waals surface area contributed by atoms with Gasteiger partial charge in [0.25, 0.3) is 0 Å². The number of rotatable bonds is 6. The van der Waals surface area contributed by atoms with E-state index >= 15 is 0 Å². The second-order valence-electron chi connectivity index (χ2n) is 3.98. The first-order chi connectivity index (χ1) is 7.06. The van der Waals surface area contributed by atoms with E-state index < -0.39 is 0 Å². The lowest BCUT2D eigenvalue weighted by Crippen LogP contribution is -2.04. The molecule has 1 atom stereocenters. The Hall–Kier alpha value is -1.07. The van der Waals surface area contributed by atoms with Crippen molar-refractivity contribution < 1.29 is 4.74 Å². The maximum absolute atomic E-state index is 8.50. The molecule has 0 fully saturated rings. The summed E-state index contributed by atoms with van der Waals surface area (Å²) in [6, 6.07) is 2.04. The molecule has 0 aromatic rings. The van der Waals surface area contributed by atoms with Crippen LogP contribution in [0.15, 0.2) is 23.3 Å². The van der Waals surface area contributed by atoms with Crippen LogP contribution in [0.1, 0.15) is 40.5 Å². The highest BCUT2D eigenvalue weighted by atomic mass is 16.5. The van der Waals surface area contributed by atoms with Gasteiger partial charge in [-0.3, -0.25) is 0 Å². The predicted molar refractivity (Wildman–Crippen MR) is 63.4 cm³/mol. The van der Waals surface area contributed by atoms with Gasteiger partial charge in [0.2, 0.25) is 0 Å². The lowest BCUT2D eigenvalue weighted by atomic mass is 10.1. The average Bonchev–Trinajstić information content (AvgIpc) is 2.17. The van der Waals surface area contributed by atoms with Gasteiger partial charge < -0.3 is 4.74 Å². The molecule has 0 aromatic carbocycles. The van der Waals surface area contributed by atoms with Gasteiger partial charge in [0.15, 0.2) is 0 Å². The molecule has 0 saturated carbocycles. The first-order valence-corrected chi connectivity index (χ1v) is 5.36. The summed E-state index contributed by atoms with van der Waals surface area (Å²) in [5, 5.41) is 8.50. The molecular formula is C13H21NO. The fourth-order valence-corrected chi connectivity index (χ4v) is 1.06. The number of nitrogens with zero attached hydrogens (tertiary/aromatic N) is 1. The maximum Gasteiger partial charge on any atom is 0.141 e. The molecule has 0 spiro atoms. The van der Waals surface area contributed by atoms with Crippen molar-refractivity contribution in [1.29, 1.82) is 5.26 Å². The standard InChI is InChI=1S/C13H21NO/c1-11(2)6-5-7-12(3)8-9-15-13(4)10-14/h6,8,13H,5,7,9H2,1-4H3/b12-8+. The first-order valence-electron chi connectivity index (χ1n) is 5.36. The van der Waals surface area contributed by atoms with Crippen molar-refractivity contribution in [2.75, 3.05) is 6.61 Å². The van der Waals surface area contributed by atoms with Crippen molar-refractivity contribution in [3.8, 4) is 6.07 Å². The van der Waals surface area contributed by atoms with E-state index in [0.717, 1.165) is 12.8 Å². The van der Waals surface area contributed by atoms with Crippen LogP contribution >= 0.6 is 0 Å². The van der Waals surface area contributed by atoms with Crippen LogP contribution < -0.4 is 0 Å². The van der Waals surface area contributed by atoms with E-state index in [0.29, 0.717) is 6.61 Å². The molecule has 0 heterocycles. The summed E-state index contributed by atoms with van der Waals surface area (Å²) in [4.78, 5) is 0. The van der Waals surface area contributed by atoms with Gasteiger partial charge in [-0.1, -0.05) is 23.3 Å². The smallest absolute Gasteiger partial charge is 0.141 e. The number of nitriles is 1. The van der Waals surface area contributed by atoms with Crippen LogP contribution in [-0.2, 0) is 4.74 Å². The Morgan fingerprint density at radius 3 is 2.53 bits per heavy atom. The summed E-state index contributed by atoms with van der Waals surface area (Å²) >= 11 is 0. The highest BCUT2D eigenvalue weighted by molar-refractivity contribution is 5.02. The van der Waals surface area contributed by atoms with Crippen molar-refractivity contribution in [3.63, 3.8) is 0 Å². The molecule has 0 aliphatic heterocycles. The van der Waals surface area contributed by atoms with Gasteiger partial charge in [-0.15, -0.1) is 0 Å². The lowest BCUT2D eigenvalue weighted by molar-refractivity contribution is 0.127. The molecule has 0 bridgehead atoms. The van der Waals surface area contributed by atoms with Crippen molar-refractivity contribution in [3.05, 3.63) is 23.3 Å². The zero-order chi connectivity index (χ0) is 11.7. The average molecular weight is 207 g/mol. The minimum absolute atomic E-state index is 0.313. The minimum atomic E-state index is -0.313. The molecule has 1 unspecified atom stereocenters. The number of hydrogen-bond donors (Lipinski definition) is 0. The van der Waals surface area contributed by atoms with Crippen molar-refractivity contribution in [1.82, 2.24) is 0 Å². The van der Waals surface area contributed by atoms with E-state index in [1.54, 1.807) is 6.92 Å². The first kappa shape index (κ1) is 13.9. The zero-order valence-corrected chi connectivity index (χ0v) is 10.2. The van der Waals surface area contributed by atoms with E-state index in [2.05, 4.69) is 26.8 Å². The Kier molecular flexibility index (Phi) is 7.67. The fraction of sp³-hybridized carbons (Fsp3) is 0.615. The van der Waals surface area contributed by atoms with Gasteiger partial charge >= 0.3 is 0 Å². The van der Waals surface area contributed by atoms with Gasteiger partial charge in [-0.25, -0.2) is 0 Å². The van der Waals surface area contributed by atoms with Gasteiger partial charge in [0.1, 0.15) is 6.10 Å². The summed E-state index contributed by atoms with van der Waals surface area (Å²) in [5.41, 5.74) is 2.68. The van der Waals surface area contributed by atoms with Crippen LogP contribution in [0.2, 0.25) is 0 Å². The molecular weight excluding hydrogens is 186 g/mol. The molecule has 0 amide bonds. The summed E-state index contributed by atoms with van der Waals surface area (Å²) in [5.74, 6) is 0.